The summed E-state index contributed by atoms with van der Waals surface area (Å²) in [6.45, 7) is 5.03. The summed E-state index contributed by atoms with van der Waals surface area (Å²) in [6, 6.07) is 6.92. The van der Waals surface area contributed by atoms with Gasteiger partial charge in [0.15, 0.2) is 11.5 Å². The Hall–Kier alpha value is -2.98. The number of aryl methyl sites for hydroxylation is 1. The molecule has 0 aromatic carbocycles. The predicted molar refractivity (Wildman–Crippen MR) is 80.9 cm³/mol. The maximum absolute atomic E-state index is 9.58. The van der Waals surface area contributed by atoms with Crippen LogP contribution in [-0.4, -0.2) is 31.0 Å². The molecule has 0 atom stereocenters. The van der Waals surface area contributed by atoms with Crippen LogP contribution < -0.4 is 0 Å². The minimum absolute atomic E-state index is 0.221. The first kappa shape index (κ1) is 14.9. The fourth-order valence-corrected chi connectivity index (χ4v) is 1.68. The van der Waals surface area contributed by atoms with Gasteiger partial charge in [-0.3, -0.25) is 0 Å². The number of rotatable bonds is 2. The molecular weight excluding hydrogens is 296 g/mol. The van der Waals surface area contributed by atoms with Gasteiger partial charge in [-0.1, -0.05) is 11.1 Å². The highest BCUT2D eigenvalue weighted by molar-refractivity contribution is 5.53. The molecule has 0 saturated heterocycles. The van der Waals surface area contributed by atoms with Crippen molar-refractivity contribution in [1.29, 1.82) is 0 Å². The standard InChI is InChI=1S/C16H14N4O3/c1-10-4-6-12(19-18-10)14-17-15(23-20-14)13-7-5-11(22-13)8-9-16(2,3)21/h4-7,21H,1-3H3. The summed E-state index contributed by atoms with van der Waals surface area (Å²) in [5, 5.41) is 21.4. The van der Waals surface area contributed by atoms with E-state index in [2.05, 4.69) is 32.2 Å². The maximum atomic E-state index is 9.58. The van der Waals surface area contributed by atoms with Gasteiger partial charge in [0.1, 0.15) is 11.3 Å². The minimum atomic E-state index is -1.09. The highest BCUT2D eigenvalue weighted by Crippen LogP contribution is 2.22. The third kappa shape index (κ3) is 3.62. The first-order valence-electron chi connectivity index (χ1n) is 6.91. The molecule has 3 aromatic heterocycles. The minimum Gasteiger partial charge on any atom is -0.443 e. The molecule has 0 bridgehead atoms. The molecule has 116 valence electrons. The van der Waals surface area contributed by atoms with Crippen molar-refractivity contribution in [1.82, 2.24) is 20.3 Å². The smallest absolute Gasteiger partial charge is 0.294 e. The van der Waals surface area contributed by atoms with Crippen molar-refractivity contribution < 1.29 is 14.0 Å². The normalized spacial score (nSPS) is 11.1. The molecule has 0 aliphatic heterocycles. The molecular formula is C16H14N4O3. The Morgan fingerprint density at radius 1 is 1.13 bits per heavy atom. The molecule has 3 heterocycles. The number of aromatic nitrogens is 4. The van der Waals surface area contributed by atoms with Crippen LogP contribution in [0.15, 0.2) is 33.2 Å². The van der Waals surface area contributed by atoms with E-state index < -0.39 is 5.60 Å². The quantitative estimate of drug-likeness (QED) is 0.724. The van der Waals surface area contributed by atoms with Gasteiger partial charge in [-0.05, 0) is 51.0 Å². The Labute approximate surface area is 132 Å². The zero-order chi connectivity index (χ0) is 16.4. The van der Waals surface area contributed by atoms with Crippen molar-refractivity contribution in [3.8, 4) is 35.0 Å². The lowest BCUT2D eigenvalue weighted by molar-refractivity contribution is 0.143. The Morgan fingerprint density at radius 2 is 1.96 bits per heavy atom. The van der Waals surface area contributed by atoms with Crippen LogP contribution in [0.4, 0.5) is 0 Å². The molecule has 1 N–H and O–H groups in total. The van der Waals surface area contributed by atoms with Gasteiger partial charge in [0.05, 0.1) is 5.69 Å². The average Bonchev–Trinajstić information content (AvgIpc) is 3.14. The number of furan rings is 1. The van der Waals surface area contributed by atoms with Crippen molar-refractivity contribution >= 4 is 0 Å². The molecule has 0 radical (unpaired) electrons. The Bertz CT molecular complexity index is 876. The highest BCUT2D eigenvalue weighted by Gasteiger charge is 2.15. The van der Waals surface area contributed by atoms with Gasteiger partial charge < -0.3 is 14.0 Å². The van der Waals surface area contributed by atoms with E-state index in [1.54, 1.807) is 32.0 Å². The molecule has 23 heavy (non-hydrogen) atoms. The molecule has 3 rings (SSSR count). The number of hydrogen-bond donors (Lipinski definition) is 1. The van der Waals surface area contributed by atoms with Crippen LogP contribution in [0.1, 0.15) is 25.3 Å². The summed E-state index contributed by atoms with van der Waals surface area (Å²) in [5.74, 6) is 6.75. The van der Waals surface area contributed by atoms with E-state index in [-0.39, 0.29) is 5.89 Å². The van der Waals surface area contributed by atoms with Gasteiger partial charge in [-0.15, -0.1) is 5.10 Å². The van der Waals surface area contributed by atoms with Gasteiger partial charge in [-0.2, -0.15) is 10.1 Å². The van der Waals surface area contributed by atoms with Crippen LogP contribution in [0.2, 0.25) is 0 Å². The SMILES string of the molecule is Cc1ccc(-c2noc(-c3ccc(C#CC(C)(C)O)o3)n2)nn1. The third-order valence-electron chi connectivity index (χ3n) is 2.76. The van der Waals surface area contributed by atoms with Gasteiger partial charge in [-0.25, -0.2) is 0 Å². The van der Waals surface area contributed by atoms with Crippen molar-refractivity contribution in [2.24, 2.45) is 0 Å². The highest BCUT2D eigenvalue weighted by atomic mass is 16.5. The number of nitrogens with zero attached hydrogens (tertiary/aromatic N) is 4. The zero-order valence-corrected chi connectivity index (χ0v) is 12.9. The monoisotopic (exact) mass is 310 g/mol. The lowest BCUT2D eigenvalue weighted by atomic mass is 10.1. The maximum Gasteiger partial charge on any atom is 0.294 e. The Morgan fingerprint density at radius 3 is 2.65 bits per heavy atom. The predicted octanol–water partition coefficient (Wildman–Crippen LogP) is 2.22. The summed E-state index contributed by atoms with van der Waals surface area (Å²) in [5.41, 5.74) is 0.229. The van der Waals surface area contributed by atoms with Crippen LogP contribution in [0, 0.1) is 18.8 Å². The fourth-order valence-electron chi connectivity index (χ4n) is 1.68. The first-order valence-corrected chi connectivity index (χ1v) is 6.91. The van der Waals surface area contributed by atoms with Crippen LogP contribution in [0.5, 0.6) is 0 Å². The Kier molecular flexibility index (Phi) is 3.68. The molecule has 0 unspecified atom stereocenters. The topological polar surface area (TPSA) is 98.1 Å². The average molecular weight is 310 g/mol. The van der Waals surface area contributed by atoms with Crippen molar-refractivity contribution in [2.75, 3.05) is 0 Å². The van der Waals surface area contributed by atoms with Gasteiger partial charge in [0.2, 0.25) is 5.82 Å². The number of hydrogen-bond acceptors (Lipinski definition) is 7. The van der Waals surface area contributed by atoms with E-state index in [9.17, 15) is 5.11 Å². The summed E-state index contributed by atoms with van der Waals surface area (Å²) in [4.78, 5) is 4.23. The molecule has 0 aliphatic carbocycles. The molecule has 0 fully saturated rings. The van der Waals surface area contributed by atoms with E-state index in [1.165, 1.54) is 0 Å². The van der Waals surface area contributed by atoms with E-state index >= 15 is 0 Å². The number of aliphatic hydroxyl groups is 1. The van der Waals surface area contributed by atoms with Crippen LogP contribution >= 0.6 is 0 Å². The molecule has 7 nitrogen and oxygen atoms in total. The van der Waals surface area contributed by atoms with Gasteiger partial charge >= 0.3 is 0 Å². The summed E-state index contributed by atoms with van der Waals surface area (Å²) in [7, 11) is 0. The summed E-state index contributed by atoms with van der Waals surface area (Å²) in [6.07, 6.45) is 0. The molecule has 0 amide bonds. The summed E-state index contributed by atoms with van der Waals surface area (Å²) < 4.78 is 10.7. The second kappa shape index (κ2) is 5.66. The van der Waals surface area contributed by atoms with Crippen LogP contribution in [0.25, 0.3) is 23.2 Å². The molecule has 0 spiro atoms. The van der Waals surface area contributed by atoms with Gasteiger partial charge in [0, 0.05) is 0 Å². The van der Waals surface area contributed by atoms with Crippen molar-refractivity contribution in [3.63, 3.8) is 0 Å². The second-order valence-electron chi connectivity index (χ2n) is 5.46. The zero-order valence-electron chi connectivity index (χ0n) is 12.9. The molecule has 3 aromatic rings. The lowest BCUT2D eigenvalue weighted by Gasteiger charge is -2.05. The first-order chi connectivity index (χ1) is 10.9. The van der Waals surface area contributed by atoms with E-state index in [0.29, 0.717) is 23.0 Å². The molecule has 0 saturated carbocycles. The Balaban J connectivity index is 1.85. The van der Waals surface area contributed by atoms with E-state index in [4.69, 9.17) is 8.94 Å². The third-order valence-corrected chi connectivity index (χ3v) is 2.76. The van der Waals surface area contributed by atoms with Crippen molar-refractivity contribution in [2.45, 2.75) is 26.4 Å². The van der Waals surface area contributed by atoms with Gasteiger partial charge in [0.25, 0.3) is 5.89 Å². The summed E-state index contributed by atoms with van der Waals surface area (Å²) >= 11 is 0. The van der Waals surface area contributed by atoms with Crippen molar-refractivity contribution in [3.05, 3.63) is 35.7 Å². The largest absolute Gasteiger partial charge is 0.443 e. The van der Waals surface area contributed by atoms with Crippen LogP contribution in [0.3, 0.4) is 0 Å². The van der Waals surface area contributed by atoms with E-state index in [0.717, 1.165) is 5.69 Å². The fraction of sp³-hybridized carbons (Fsp3) is 0.250. The molecule has 0 aliphatic rings. The van der Waals surface area contributed by atoms with E-state index in [1.807, 2.05) is 13.0 Å². The lowest BCUT2D eigenvalue weighted by Crippen LogP contribution is -2.14. The van der Waals surface area contributed by atoms with Crippen LogP contribution in [-0.2, 0) is 0 Å². The molecule has 7 heteroatoms. The second-order valence-corrected chi connectivity index (χ2v) is 5.46.